The molecule has 0 aliphatic heterocycles. The zero-order valence-corrected chi connectivity index (χ0v) is 14.7. The molecule has 0 heterocycles. The first-order valence-electron chi connectivity index (χ1n) is 8.03. The molecule has 0 aliphatic rings. The lowest BCUT2D eigenvalue weighted by Crippen LogP contribution is -1.98. The van der Waals surface area contributed by atoms with Crippen LogP contribution in [0, 0.1) is 0 Å². The minimum Gasteiger partial charge on any atom is -0.309 e. The fraction of sp³-hybridized carbons (Fsp3) is 0.647. The third-order valence-electron chi connectivity index (χ3n) is 2.78. The number of hydrogen-bond acceptors (Lipinski definition) is 3. The van der Waals surface area contributed by atoms with Crippen LogP contribution in [0.5, 0.6) is 0 Å². The summed E-state index contributed by atoms with van der Waals surface area (Å²) in [5.41, 5.74) is 0. The van der Waals surface area contributed by atoms with Gasteiger partial charge in [-0.25, -0.2) is 0 Å². The van der Waals surface area contributed by atoms with E-state index in [1.54, 1.807) is 0 Å². The maximum Gasteiger partial charge on any atom is 0.334 e. The lowest BCUT2D eigenvalue weighted by Gasteiger charge is -2.14. The molecule has 0 aromatic carbocycles. The highest BCUT2D eigenvalue weighted by atomic mass is 31.2. The van der Waals surface area contributed by atoms with Crippen molar-refractivity contribution in [2.45, 2.75) is 52.9 Å². The topological polar surface area (TPSA) is 35.5 Å². The van der Waals surface area contributed by atoms with Crippen molar-refractivity contribution in [2.24, 2.45) is 0 Å². The van der Waals surface area contributed by atoms with Gasteiger partial charge in [0.15, 0.2) is 0 Å². The van der Waals surface area contributed by atoms with Crippen LogP contribution in [0.3, 0.4) is 0 Å². The average Bonchev–Trinajstić information content (AvgIpc) is 2.45. The SMILES string of the molecule is CCCCCC=CCC=CC=CCP(=O)(OCC)OCC. The van der Waals surface area contributed by atoms with Crippen molar-refractivity contribution < 1.29 is 13.6 Å². The maximum atomic E-state index is 12.1. The van der Waals surface area contributed by atoms with Crippen molar-refractivity contribution in [3.8, 4) is 0 Å². The fourth-order valence-corrected chi connectivity index (χ4v) is 3.22. The summed E-state index contributed by atoms with van der Waals surface area (Å²) in [4.78, 5) is 0. The molecule has 21 heavy (non-hydrogen) atoms. The van der Waals surface area contributed by atoms with E-state index in [2.05, 4.69) is 25.2 Å². The maximum absolute atomic E-state index is 12.1. The van der Waals surface area contributed by atoms with Crippen molar-refractivity contribution in [2.75, 3.05) is 19.4 Å². The Morgan fingerprint density at radius 1 is 0.857 bits per heavy atom. The Balaban J connectivity index is 3.88. The van der Waals surface area contributed by atoms with E-state index < -0.39 is 7.60 Å². The first-order valence-corrected chi connectivity index (χ1v) is 9.76. The van der Waals surface area contributed by atoms with Crippen LogP contribution in [-0.4, -0.2) is 19.4 Å². The van der Waals surface area contributed by atoms with Gasteiger partial charge in [-0.15, -0.1) is 0 Å². The molecule has 0 unspecified atom stereocenters. The molecule has 0 radical (unpaired) electrons. The van der Waals surface area contributed by atoms with Gasteiger partial charge in [-0.2, -0.15) is 0 Å². The summed E-state index contributed by atoms with van der Waals surface area (Å²) in [6, 6.07) is 0. The minimum absolute atomic E-state index is 0.325. The summed E-state index contributed by atoms with van der Waals surface area (Å²) < 4.78 is 22.6. The second kappa shape index (κ2) is 14.3. The van der Waals surface area contributed by atoms with Crippen LogP contribution in [-0.2, 0) is 13.6 Å². The van der Waals surface area contributed by atoms with E-state index in [9.17, 15) is 4.57 Å². The van der Waals surface area contributed by atoms with Gasteiger partial charge in [0.1, 0.15) is 0 Å². The Morgan fingerprint density at radius 3 is 2.14 bits per heavy atom. The molecule has 0 fully saturated rings. The molecule has 0 saturated carbocycles. The van der Waals surface area contributed by atoms with Gasteiger partial charge in [0.2, 0.25) is 0 Å². The fourth-order valence-electron chi connectivity index (χ4n) is 1.77. The van der Waals surface area contributed by atoms with Gasteiger partial charge < -0.3 is 9.05 Å². The largest absolute Gasteiger partial charge is 0.334 e. The average molecular weight is 314 g/mol. The molecule has 0 amide bonds. The third-order valence-corrected chi connectivity index (χ3v) is 4.74. The van der Waals surface area contributed by atoms with E-state index in [0.717, 1.165) is 6.42 Å². The van der Waals surface area contributed by atoms with Crippen LogP contribution < -0.4 is 0 Å². The van der Waals surface area contributed by atoms with Gasteiger partial charge in [-0.05, 0) is 33.1 Å². The number of rotatable bonds is 13. The van der Waals surface area contributed by atoms with Gasteiger partial charge in [0, 0.05) is 0 Å². The molecular weight excluding hydrogens is 283 g/mol. The molecule has 0 spiro atoms. The van der Waals surface area contributed by atoms with E-state index in [1.807, 2.05) is 32.1 Å². The molecule has 0 N–H and O–H groups in total. The van der Waals surface area contributed by atoms with Gasteiger partial charge >= 0.3 is 7.60 Å². The molecule has 0 aromatic rings. The van der Waals surface area contributed by atoms with Crippen LogP contribution in [0.1, 0.15) is 52.9 Å². The molecule has 4 heteroatoms. The standard InChI is InChI=1S/C17H31O3P/c1-4-7-8-9-10-11-12-13-14-15-16-17-21(18,19-5-2)20-6-3/h10-11,13-16H,4-9,12,17H2,1-3H3. The zero-order valence-electron chi connectivity index (χ0n) is 13.8. The predicted molar refractivity (Wildman–Crippen MR) is 91.9 cm³/mol. The smallest absolute Gasteiger partial charge is 0.309 e. The van der Waals surface area contributed by atoms with Crippen LogP contribution in [0.4, 0.5) is 0 Å². The molecule has 3 nitrogen and oxygen atoms in total. The molecule has 0 aromatic heterocycles. The van der Waals surface area contributed by atoms with Gasteiger partial charge in [-0.3, -0.25) is 4.57 Å². The first-order chi connectivity index (χ1) is 10.2. The lowest BCUT2D eigenvalue weighted by molar-refractivity contribution is 0.222. The Morgan fingerprint density at radius 2 is 1.52 bits per heavy atom. The second-order valence-corrected chi connectivity index (χ2v) is 6.79. The highest BCUT2D eigenvalue weighted by Gasteiger charge is 2.20. The second-order valence-electron chi connectivity index (χ2n) is 4.69. The van der Waals surface area contributed by atoms with E-state index >= 15 is 0 Å². The summed E-state index contributed by atoms with van der Waals surface area (Å²) in [6.45, 7) is 6.67. The van der Waals surface area contributed by atoms with Crippen LogP contribution >= 0.6 is 7.60 Å². The Labute approximate surface area is 130 Å². The molecular formula is C17H31O3P. The number of hydrogen-bond donors (Lipinski definition) is 0. The van der Waals surface area contributed by atoms with Gasteiger partial charge in [-0.1, -0.05) is 56.2 Å². The molecule has 0 aliphatic carbocycles. The highest BCUT2D eigenvalue weighted by molar-refractivity contribution is 7.54. The minimum atomic E-state index is -2.93. The highest BCUT2D eigenvalue weighted by Crippen LogP contribution is 2.47. The van der Waals surface area contributed by atoms with Crippen molar-refractivity contribution in [3.63, 3.8) is 0 Å². The van der Waals surface area contributed by atoms with E-state index in [-0.39, 0.29) is 0 Å². The lowest BCUT2D eigenvalue weighted by atomic mass is 10.2. The van der Waals surface area contributed by atoms with Gasteiger partial charge in [0.25, 0.3) is 0 Å². The van der Waals surface area contributed by atoms with Crippen LogP contribution in [0.25, 0.3) is 0 Å². The summed E-state index contributed by atoms with van der Waals surface area (Å²) in [5, 5.41) is 0. The van der Waals surface area contributed by atoms with E-state index in [0.29, 0.717) is 19.4 Å². The van der Waals surface area contributed by atoms with Crippen molar-refractivity contribution >= 4 is 7.60 Å². The normalized spacial score (nSPS) is 13.1. The molecule has 122 valence electrons. The quantitative estimate of drug-likeness (QED) is 0.184. The summed E-state index contributed by atoms with van der Waals surface area (Å²) >= 11 is 0. The van der Waals surface area contributed by atoms with E-state index in [4.69, 9.17) is 9.05 Å². The monoisotopic (exact) mass is 314 g/mol. The van der Waals surface area contributed by atoms with Crippen molar-refractivity contribution in [1.29, 1.82) is 0 Å². The zero-order chi connectivity index (χ0) is 15.8. The number of unbranched alkanes of at least 4 members (excludes halogenated alkanes) is 3. The van der Waals surface area contributed by atoms with Crippen molar-refractivity contribution in [3.05, 3.63) is 36.5 Å². The number of allylic oxidation sites excluding steroid dienone is 6. The molecule has 0 bridgehead atoms. The van der Waals surface area contributed by atoms with Crippen LogP contribution in [0.2, 0.25) is 0 Å². The summed E-state index contributed by atoms with van der Waals surface area (Å²) in [6.07, 6.45) is 18.5. The molecule has 0 saturated heterocycles. The summed E-state index contributed by atoms with van der Waals surface area (Å²) in [5.74, 6) is 0. The third kappa shape index (κ3) is 12.8. The first kappa shape index (κ1) is 20.4. The Kier molecular flexibility index (Phi) is 13.9. The Hall–Kier alpha value is -0.630. The summed E-state index contributed by atoms with van der Waals surface area (Å²) in [7, 11) is -2.93. The van der Waals surface area contributed by atoms with Crippen molar-refractivity contribution in [1.82, 2.24) is 0 Å². The van der Waals surface area contributed by atoms with Crippen LogP contribution in [0.15, 0.2) is 36.5 Å². The Bertz CT molecular complexity index is 349. The van der Waals surface area contributed by atoms with Gasteiger partial charge in [0.05, 0.1) is 19.4 Å². The molecule has 0 atom stereocenters. The molecule has 0 rings (SSSR count). The predicted octanol–water partition coefficient (Wildman–Crippen LogP) is 5.89. The van der Waals surface area contributed by atoms with E-state index in [1.165, 1.54) is 25.7 Å².